The van der Waals surface area contributed by atoms with Crippen molar-refractivity contribution in [2.75, 3.05) is 6.61 Å². The summed E-state index contributed by atoms with van der Waals surface area (Å²) >= 11 is 0. The van der Waals surface area contributed by atoms with Gasteiger partial charge in [-0.05, 0) is 23.3 Å². The Hall–Kier alpha value is -2.71. The van der Waals surface area contributed by atoms with E-state index < -0.39 is 0 Å². The molecule has 0 unspecified atom stereocenters. The third kappa shape index (κ3) is 4.90. The molecule has 24 heavy (non-hydrogen) atoms. The average Bonchev–Trinajstić information content (AvgIpc) is 2.63. The lowest BCUT2D eigenvalue weighted by Crippen LogP contribution is -2.32. The molecule has 0 amide bonds. The Labute approximate surface area is 139 Å². The lowest BCUT2D eigenvalue weighted by molar-refractivity contribution is -0.718. The summed E-state index contributed by atoms with van der Waals surface area (Å²) < 4.78 is 3.35. The van der Waals surface area contributed by atoms with Crippen LogP contribution in [0.15, 0.2) is 69.2 Å². The molecule has 0 aliphatic carbocycles. The Balaban J connectivity index is 2.27. The largest absolute Gasteiger partial charge is 0.395 e. The summed E-state index contributed by atoms with van der Waals surface area (Å²) in [5.41, 5.74) is 0.623. The van der Waals surface area contributed by atoms with Gasteiger partial charge in [-0.25, -0.2) is 4.57 Å². The zero-order chi connectivity index (χ0) is 17.2. The lowest BCUT2D eigenvalue weighted by atomic mass is 10.4. The zero-order valence-electron chi connectivity index (χ0n) is 13.5. The fourth-order valence-corrected chi connectivity index (χ4v) is 1.91. The minimum absolute atomic E-state index is 0.0242. The highest BCUT2D eigenvalue weighted by atomic mass is 16.3. The predicted octanol–water partition coefficient (Wildman–Crippen LogP) is 1.13. The molecule has 126 valence electrons. The van der Waals surface area contributed by atoms with Crippen LogP contribution in [-0.2, 0) is 13.3 Å². The fraction of sp³-hybridized carbons (Fsp3) is 0.312. The van der Waals surface area contributed by atoms with Crippen molar-refractivity contribution in [2.45, 2.75) is 26.6 Å². The number of aliphatic hydroxyl groups is 2. The van der Waals surface area contributed by atoms with Crippen molar-refractivity contribution in [3.8, 4) is 0 Å². The Morgan fingerprint density at radius 2 is 2.00 bits per heavy atom. The van der Waals surface area contributed by atoms with Gasteiger partial charge in [-0.3, -0.25) is 0 Å². The second kappa shape index (κ2) is 9.43. The molecule has 2 rings (SSSR count). The van der Waals surface area contributed by atoms with Gasteiger partial charge in [0.2, 0.25) is 0 Å². The van der Waals surface area contributed by atoms with Gasteiger partial charge < -0.3 is 14.8 Å². The van der Waals surface area contributed by atoms with Gasteiger partial charge >= 0.3 is 5.82 Å². The molecule has 0 spiro atoms. The summed E-state index contributed by atoms with van der Waals surface area (Å²) in [6.45, 7) is 2.20. The second-order valence-corrected chi connectivity index (χ2v) is 4.82. The van der Waals surface area contributed by atoms with Crippen LogP contribution in [0.2, 0.25) is 0 Å². The molecule has 0 radical (unpaired) electrons. The van der Waals surface area contributed by atoms with Gasteiger partial charge in [0.1, 0.15) is 0 Å². The van der Waals surface area contributed by atoms with Crippen LogP contribution in [0.3, 0.4) is 0 Å². The van der Waals surface area contributed by atoms with E-state index in [9.17, 15) is 5.11 Å². The molecular weight excluding hydrogens is 308 g/mol. The number of hydrogen-bond acceptors (Lipinski definition) is 5. The first-order valence-electron chi connectivity index (χ1n) is 7.66. The normalized spacial score (nSPS) is 13.0. The van der Waals surface area contributed by atoms with Crippen molar-refractivity contribution in [1.82, 2.24) is 4.57 Å². The lowest BCUT2D eigenvalue weighted by Gasteiger charge is -2.02. The summed E-state index contributed by atoms with van der Waals surface area (Å²) in [6.07, 6.45) is 4.10. The molecule has 0 aliphatic rings. The first-order chi connectivity index (χ1) is 11.8. The molecule has 0 aliphatic heterocycles. The molecule has 2 N–H and O–H groups in total. The zero-order valence-corrected chi connectivity index (χ0v) is 13.5. The molecule has 0 fully saturated rings. The van der Waals surface area contributed by atoms with Crippen molar-refractivity contribution in [3.05, 3.63) is 54.3 Å². The molecule has 0 atom stereocenters. The molecule has 0 aromatic carbocycles. The highest BCUT2D eigenvalue weighted by molar-refractivity contribution is 5.82. The first-order valence-corrected chi connectivity index (χ1v) is 7.66. The van der Waals surface area contributed by atoms with E-state index in [0.717, 1.165) is 0 Å². The van der Waals surface area contributed by atoms with E-state index in [1.165, 1.54) is 0 Å². The SMILES string of the molecule is CCC(N=Nc1cccc[n+]1CO)=NN=c1ccccn1CCO. The van der Waals surface area contributed by atoms with Gasteiger partial charge in [0, 0.05) is 25.2 Å². The van der Waals surface area contributed by atoms with Crippen LogP contribution < -0.4 is 10.1 Å². The molecule has 0 saturated carbocycles. The molecule has 8 nitrogen and oxygen atoms in total. The average molecular weight is 329 g/mol. The van der Waals surface area contributed by atoms with Crippen LogP contribution in [0, 0.1) is 0 Å². The Morgan fingerprint density at radius 1 is 1.17 bits per heavy atom. The van der Waals surface area contributed by atoms with Gasteiger partial charge in [-0.2, -0.15) is 0 Å². The maximum atomic E-state index is 9.26. The number of pyridine rings is 2. The Kier molecular flexibility index (Phi) is 6.93. The number of azo groups is 1. The number of rotatable bonds is 6. The summed E-state index contributed by atoms with van der Waals surface area (Å²) in [6, 6.07) is 10.9. The number of amidine groups is 1. The number of aromatic nitrogens is 2. The fourth-order valence-electron chi connectivity index (χ4n) is 1.91. The number of nitrogens with zero attached hydrogens (tertiary/aromatic N) is 6. The summed E-state index contributed by atoms with van der Waals surface area (Å²) in [5, 5.41) is 34.9. The number of aliphatic hydroxyl groups excluding tert-OH is 2. The topological polar surface area (TPSA) is 98.7 Å². The second-order valence-electron chi connectivity index (χ2n) is 4.82. The third-order valence-electron chi connectivity index (χ3n) is 3.18. The van der Waals surface area contributed by atoms with Crippen LogP contribution in [0.25, 0.3) is 0 Å². The van der Waals surface area contributed by atoms with Crippen molar-refractivity contribution in [2.24, 2.45) is 20.4 Å². The van der Waals surface area contributed by atoms with Gasteiger partial charge in [-0.1, -0.05) is 19.1 Å². The van der Waals surface area contributed by atoms with E-state index in [2.05, 4.69) is 20.4 Å². The van der Waals surface area contributed by atoms with Gasteiger partial charge in [0.05, 0.1) is 17.9 Å². The molecule has 8 heteroatoms. The van der Waals surface area contributed by atoms with Crippen molar-refractivity contribution < 1.29 is 14.8 Å². The van der Waals surface area contributed by atoms with E-state index >= 15 is 0 Å². The summed E-state index contributed by atoms with van der Waals surface area (Å²) in [5.74, 6) is 0.985. The molecule has 0 bridgehead atoms. The van der Waals surface area contributed by atoms with Gasteiger partial charge in [0.15, 0.2) is 18.1 Å². The smallest absolute Gasteiger partial charge is 0.352 e. The first kappa shape index (κ1) is 17.6. The highest BCUT2D eigenvalue weighted by Gasteiger charge is 2.07. The summed E-state index contributed by atoms with van der Waals surface area (Å²) in [7, 11) is 0. The third-order valence-corrected chi connectivity index (χ3v) is 3.18. The van der Waals surface area contributed by atoms with E-state index in [1.54, 1.807) is 33.5 Å². The Morgan fingerprint density at radius 3 is 2.75 bits per heavy atom. The quantitative estimate of drug-likeness (QED) is 0.273. The monoisotopic (exact) mass is 329 g/mol. The molecule has 2 aromatic rings. The van der Waals surface area contributed by atoms with Crippen LogP contribution in [0.1, 0.15) is 13.3 Å². The van der Waals surface area contributed by atoms with Crippen LogP contribution in [0.4, 0.5) is 5.82 Å². The number of hydrogen-bond donors (Lipinski definition) is 2. The maximum Gasteiger partial charge on any atom is 0.352 e. The van der Waals surface area contributed by atoms with Crippen LogP contribution in [-0.4, -0.2) is 27.2 Å². The van der Waals surface area contributed by atoms with E-state index in [4.69, 9.17) is 5.11 Å². The standard InChI is InChI=1S/C16H21N6O2/c1-2-14(18-20-16-8-4-6-10-22(16)13-24)17-19-15-7-3-5-9-21(15)11-12-23/h3-10,23-24H,2,11-13H2,1H3/q+1. The molecule has 0 saturated heterocycles. The van der Waals surface area contributed by atoms with Crippen LogP contribution >= 0.6 is 0 Å². The van der Waals surface area contributed by atoms with E-state index in [-0.39, 0.29) is 13.3 Å². The van der Waals surface area contributed by atoms with E-state index in [0.29, 0.717) is 30.1 Å². The minimum atomic E-state index is -0.177. The van der Waals surface area contributed by atoms with Gasteiger partial charge in [-0.15, -0.1) is 10.2 Å². The highest BCUT2D eigenvalue weighted by Crippen LogP contribution is 2.05. The molecule has 2 aromatic heterocycles. The predicted molar refractivity (Wildman–Crippen MR) is 88.2 cm³/mol. The van der Waals surface area contributed by atoms with Crippen LogP contribution in [0.5, 0.6) is 0 Å². The van der Waals surface area contributed by atoms with E-state index in [1.807, 2.05) is 31.3 Å². The van der Waals surface area contributed by atoms with Crippen molar-refractivity contribution in [1.29, 1.82) is 0 Å². The molecule has 2 heterocycles. The minimum Gasteiger partial charge on any atom is -0.395 e. The van der Waals surface area contributed by atoms with Gasteiger partial charge in [0.25, 0.3) is 0 Å². The van der Waals surface area contributed by atoms with Crippen molar-refractivity contribution in [3.63, 3.8) is 0 Å². The Bertz CT molecular complexity index is 782. The molecular formula is C16H21N6O2+. The summed E-state index contributed by atoms with van der Waals surface area (Å²) in [4.78, 5) is 0. The maximum absolute atomic E-state index is 9.26. The van der Waals surface area contributed by atoms with Crippen molar-refractivity contribution >= 4 is 11.7 Å².